The number of nitrogens with one attached hydrogen (secondary N) is 2. The predicted octanol–water partition coefficient (Wildman–Crippen LogP) is 3.30. The largest absolute Gasteiger partial charge is 0.497 e. The van der Waals surface area contributed by atoms with E-state index >= 15 is 0 Å². The molecule has 8 nitrogen and oxygen atoms in total. The van der Waals surface area contributed by atoms with Crippen molar-refractivity contribution in [3.63, 3.8) is 0 Å². The molecule has 0 aliphatic carbocycles. The van der Waals surface area contributed by atoms with Crippen LogP contribution in [0, 0.1) is 20.8 Å². The average molecular weight is 555 g/mol. The van der Waals surface area contributed by atoms with Crippen molar-refractivity contribution in [2.24, 2.45) is 12.0 Å². The number of methoxy groups -OCH3 is 1. The minimum absolute atomic E-state index is 0. The molecule has 0 fully saturated rings. The van der Waals surface area contributed by atoms with Crippen molar-refractivity contribution in [1.82, 2.24) is 30.4 Å². The van der Waals surface area contributed by atoms with Gasteiger partial charge < -0.3 is 19.9 Å². The van der Waals surface area contributed by atoms with Crippen LogP contribution in [0.1, 0.15) is 32.8 Å². The van der Waals surface area contributed by atoms with Gasteiger partial charge in [-0.2, -0.15) is 0 Å². The van der Waals surface area contributed by atoms with E-state index in [0.717, 1.165) is 47.0 Å². The van der Waals surface area contributed by atoms with Gasteiger partial charge in [-0.05, 0) is 44.9 Å². The molecule has 3 aromatic rings. The highest BCUT2D eigenvalue weighted by molar-refractivity contribution is 14.0. The van der Waals surface area contributed by atoms with Crippen LogP contribution in [0.5, 0.6) is 5.75 Å². The fourth-order valence-corrected chi connectivity index (χ4v) is 3.68. The zero-order chi connectivity index (χ0) is 21.5. The highest BCUT2D eigenvalue weighted by Gasteiger charge is 2.08. The Hall–Kier alpha value is -2.21. The number of aliphatic imine (C=N–C) groups is 1. The van der Waals surface area contributed by atoms with E-state index in [0.29, 0.717) is 13.1 Å². The number of guanidine groups is 1. The van der Waals surface area contributed by atoms with Gasteiger partial charge in [-0.25, -0.2) is 9.98 Å². The van der Waals surface area contributed by atoms with E-state index in [1.165, 1.54) is 10.4 Å². The van der Waals surface area contributed by atoms with Crippen molar-refractivity contribution in [1.29, 1.82) is 0 Å². The zero-order valence-corrected chi connectivity index (χ0v) is 21.7. The Labute approximate surface area is 204 Å². The third kappa shape index (κ3) is 7.17. The van der Waals surface area contributed by atoms with Crippen LogP contribution >= 0.6 is 35.3 Å². The van der Waals surface area contributed by atoms with Crippen molar-refractivity contribution >= 4 is 41.3 Å². The minimum Gasteiger partial charge on any atom is -0.497 e. The maximum Gasteiger partial charge on any atom is 0.192 e. The van der Waals surface area contributed by atoms with Crippen LogP contribution < -0.4 is 15.4 Å². The highest BCUT2D eigenvalue weighted by Crippen LogP contribution is 2.16. The molecule has 10 heteroatoms. The number of thiazole rings is 1. The van der Waals surface area contributed by atoms with Gasteiger partial charge in [0.2, 0.25) is 0 Å². The second-order valence-corrected chi connectivity index (χ2v) is 8.30. The molecule has 2 heterocycles. The maximum atomic E-state index is 5.22. The van der Waals surface area contributed by atoms with Crippen molar-refractivity contribution < 1.29 is 4.74 Å². The second kappa shape index (κ2) is 12.0. The molecule has 0 bridgehead atoms. The molecule has 168 valence electrons. The van der Waals surface area contributed by atoms with E-state index in [-0.39, 0.29) is 24.0 Å². The van der Waals surface area contributed by atoms with Crippen molar-refractivity contribution in [2.75, 3.05) is 13.7 Å². The third-order valence-electron chi connectivity index (χ3n) is 4.91. The average Bonchev–Trinajstić information content (AvgIpc) is 3.24. The summed E-state index contributed by atoms with van der Waals surface area (Å²) in [5.41, 5.74) is 2.31. The molecule has 0 spiro atoms. The summed E-state index contributed by atoms with van der Waals surface area (Å²) >= 11 is 1.71. The van der Waals surface area contributed by atoms with Crippen LogP contribution in [0.2, 0.25) is 0 Å². The molecular formula is C21H30IN7OS. The molecule has 0 aliphatic rings. The van der Waals surface area contributed by atoms with Gasteiger partial charge in [0.25, 0.3) is 0 Å². The fraction of sp³-hybridized carbons (Fsp3) is 0.429. The molecule has 0 atom stereocenters. The number of aryl methyl sites for hydroxylation is 3. The summed E-state index contributed by atoms with van der Waals surface area (Å²) < 4.78 is 7.17. The van der Waals surface area contributed by atoms with E-state index in [9.17, 15) is 0 Å². The molecule has 3 rings (SSSR count). The summed E-state index contributed by atoms with van der Waals surface area (Å²) in [5, 5.41) is 16.1. The van der Waals surface area contributed by atoms with Gasteiger partial charge >= 0.3 is 0 Å². The lowest BCUT2D eigenvalue weighted by Crippen LogP contribution is -2.38. The molecular weight excluding hydrogens is 525 g/mol. The van der Waals surface area contributed by atoms with E-state index in [4.69, 9.17) is 9.73 Å². The summed E-state index contributed by atoms with van der Waals surface area (Å²) in [6.45, 7) is 7.89. The number of aromatic nitrogens is 4. The molecule has 0 unspecified atom stereocenters. The molecule has 31 heavy (non-hydrogen) atoms. The molecule has 0 saturated carbocycles. The summed E-state index contributed by atoms with van der Waals surface area (Å²) in [4.78, 5) is 10.5. The summed E-state index contributed by atoms with van der Waals surface area (Å²) in [7, 11) is 3.63. The van der Waals surface area contributed by atoms with Crippen molar-refractivity contribution in [3.05, 3.63) is 57.1 Å². The molecule has 0 saturated heterocycles. The van der Waals surface area contributed by atoms with E-state index in [1.54, 1.807) is 18.4 Å². The maximum absolute atomic E-state index is 5.22. The van der Waals surface area contributed by atoms with E-state index in [1.807, 2.05) is 37.6 Å². The van der Waals surface area contributed by atoms with E-state index in [2.05, 4.69) is 44.9 Å². The minimum atomic E-state index is 0. The third-order valence-corrected chi connectivity index (χ3v) is 5.98. The van der Waals surface area contributed by atoms with Crippen molar-refractivity contribution in [2.45, 2.75) is 40.3 Å². The Kier molecular flexibility index (Phi) is 9.69. The van der Waals surface area contributed by atoms with Gasteiger partial charge in [0.15, 0.2) is 11.8 Å². The van der Waals surface area contributed by atoms with Gasteiger partial charge in [0.1, 0.15) is 23.1 Å². The van der Waals surface area contributed by atoms with Gasteiger partial charge in [0.05, 0.1) is 19.3 Å². The lowest BCUT2D eigenvalue weighted by atomic mass is 10.1. The van der Waals surface area contributed by atoms with Crippen LogP contribution in [-0.4, -0.2) is 39.4 Å². The first-order chi connectivity index (χ1) is 14.5. The smallest absolute Gasteiger partial charge is 0.192 e. The first-order valence-corrected chi connectivity index (χ1v) is 10.7. The SMILES string of the molecule is COc1ccc(CCNC(=NCc2nnc(C)n2C)NCc2nc(C)c(C)s2)cc1.I. The number of hydrogen-bond donors (Lipinski definition) is 2. The first-order valence-electron chi connectivity index (χ1n) is 9.89. The number of nitrogens with zero attached hydrogens (tertiary/aromatic N) is 5. The quantitative estimate of drug-likeness (QED) is 0.252. The predicted molar refractivity (Wildman–Crippen MR) is 135 cm³/mol. The Bertz CT molecular complexity index is 978. The summed E-state index contributed by atoms with van der Waals surface area (Å²) in [6, 6.07) is 8.11. The number of ether oxygens (including phenoxy) is 1. The van der Waals surface area contributed by atoms with Crippen LogP contribution in [0.3, 0.4) is 0 Å². The number of halogens is 1. The van der Waals surface area contributed by atoms with Gasteiger partial charge in [-0.15, -0.1) is 45.5 Å². The molecule has 0 amide bonds. The summed E-state index contributed by atoms with van der Waals surface area (Å²) in [6.07, 6.45) is 0.878. The number of rotatable bonds is 8. The lowest BCUT2D eigenvalue weighted by molar-refractivity contribution is 0.414. The first kappa shape index (κ1) is 25.1. The van der Waals surface area contributed by atoms with Crippen LogP contribution in [0.4, 0.5) is 0 Å². The Morgan fingerprint density at radius 2 is 1.87 bits per heavy atom. The second-order valence-electron chi connectivity index (χ2n) is 7.01. The van der Waals surface area contributed by atoms with Gasteiger partial charge in [-0.1, -0.05) is 12.1 Å². The van der Waals surface area contributed by atoms with Crippen molar-refractivity contribution in [3.8, 4) is 5.75 Å². The standard InChI is InChI=1S/C21H29N7OS.HI/c1-14-15(2)30-20(25-14)13-24-21(23-12-19-27-26-16(3)28(19)4)22-11-10-17-6-8-18(29-5)9-7-17;/h6-9H,10-13H2,1-5H3,(H2,22,23,24);1H. The molecule has 2 N–H and O–H groups in total. The number of benzene rings is 1. The molecule has 0 radical (unpaired) electrons. The molecule has 2 aromatic heterocycles. The topological polar surface area (TPSA) is 89.2 Å². The lowest BCUT2D eigenvalue weighted by Gasteiger charge is -2.12. The number of hydrogen-bond acceptors (Lipinski definition) is 6. The fourth-order valence-electron chi connectivity index (χ4n) is 2.80. The van der Waals surface area contributed by atoms with Crippen LogP contribution in [0.15, 0.2) is 29.3 Å². The highest BCUT2D eigenvalue weighted by atomic mass is 127. The zero-order valence-electron chi connectivity index (χ0n) is 18.6. The monoisotopic (exact) mass is 555 g/mol. The van der Waals surface area contributed by atoms with Gasteiger partial charge in [0, 0.05) is 18.5 Å². The Morgan fingerprint density at radius 1 is 1.13 bits per heavy atom. The molecule has 1 aromatic carbocycles. The Balaban J connectivity index is 0.00000341. The summed E-state index contributed by atoms with van der Waals surface area (Å²) in [5.74, 6) is 3.29. The van der Waals surface area contributed by atoms with Gasteiger partial charge in [-0.3, -0.25) is 0 Å². The molecule has 0 aliphatic heterocycles. The van der Waals surface area contributed by atoms with Crippen LogP contribution in [0.25, 0.3) is 0 Å². The van der Waals surface area contributed by atoms with Crippen LogP contribution in [-0.2, 0) is 26.6 Å². The van der Waals surface area contributed by atoms with E-state index < -0.39 is 0 Å². The normalized spacial score (nSPS) is 11.2. The Morgan fingerprint density at radius 3 is 2.45 bits per heavy atom.